The van der Waals surface area contributed by atoms with Crippen LogP contribution in [-0.2, 0) is 32.3 Å². The SMILES string of the molecule is O=C(N[C@@H](CCl)C(=O)OC(=O)NOCc1ccccc1)OCc1ccccc1. The summed E-state index contributed by atoms with van der Waals surface area (Å²) < 4.78 is 9.52. The summed E-state index contributed by atoms with van der Waals surface area (Å²) in [6, 6.07) is 16.8. The van der Waals surface area contributed by atoms with Gasteiger partial charge in [-0.2, -0.15) is 5.48 Å². The zero-order chi connectivity index (χ0) is 20.2. The number of carbonyl (C=O) groups is 3. The molecule has 2 amide bonds. The van der Waals surface area contributed by atoms with Gasteiger partial charge in [-0.05, 0) is 11.1 Å². The van der Waals surface area contributed by atoms with Crippen LogP contribution in [0.1, 0.15) is 11.1 Å². The second-order valence-corrected chi connectivity index (χ2v) is 5.81. The van der Waals surface area contributed by atoms with Gasteiger partial charge >= 0.3 is 18.2 Å². The number of ether oxygens (including phenoxy) is 2. The number of amides is 2. The molecule has 2 rings (SSSR count). The zero-order valence-corrected chi connectivity index (χ0v) is 15.6. The van der Waals surface area contributed by atoms with E-state index in [9.17, 15) is 14.4 Å². The van der Waals surface area contributed by atoms with E-state index in [1.807, 2.05) is 29.7 Å². The van der Waals surface area contributed by atoms with Crippen molar-refractivity contribution in [2.45, 2.75) is 19.3 Å². The molecule has 2 aromatic carbocycles. The fourth-order valence-electron chi connectivity index (χ4n) is 2.00. The quantitative estimate of drug-likeness (QED) is 0.302. The number of benzene rings is 2. The molecule has 9 heteroatoms. The van der Waals surface area contributed by atoms with E-state index < -0.39 is 24.2 Å². The number of hydroxylamine groups is 1. The molecule has 0 radical (unpaired) electrons. The highest BCUT2D eigenvalue weighted by atomic mass is 35.5. The molecule has 8 nitrogen and oxygen atoms in total. The van der Waals surface area contributed by atoms with Crippen LogP contribution in [0.2, 0.25) is 0 Å². The van der Waals surface area contributed by atoms with Gasteiger partial charge in [-0.3, -0.25) is 4.84 Å². The first-order chi connectivity index (χ1) is 13.6. The highest BCUT2D eigenvalue weighted by Gasteiger charge is 2.24. The molecule has 0 unspecified atom stereocenters. The minimum absolute atomic E-state index is 0.0184. The fraction of sp³-hybridized carbons (Fsp3) is 0.211. The molecule has 0 spiro atoms. The maximum atomic E-state index is 11.9. The predicted molar refractivity (Wildman–Crippen MR) is 100 cm³/mol. The van der Waals surface area contributed by atoms with E-state index in [-0.39, 0.29) is 19.1 Å². The number of nitrogens with one attached hydrogen (secondary N) is 2. The summed E-state index contributed by atoms with van der Waals surface area (Å²) in [5.41, 5.74) is 3.56. The number of carbonyl (C=O) groups excluding carboxylic acids is 3. The molecule has 0 saturated carbocycles. The van der Waals surface area contributed by atoms with Gasteiger partial charge in [0, 0.05) is 0 Å². The topological polar surface area (TPSA) is 103 Å². The number of halogens is 1. The van der Waals surface area contributed by atoms with Gasteiger partial charge in [0.2, 0.25) is 0 Å². The third-order valence-corrected chi connectivity index (χ3v) is 3.68. The van der Waals surface area contributed by atoms with Gasteiger partial charge in [0.25, 0.3) is 0 Å². The molecule has 148 valence electrons. The van der Waals surface area contributed by atoms with Crippen molar-refractivity contribution < 1.29 is 28.7 Å². The lowest BCUT2D eigenvalue weighted by atomic mass is 10.2. The van der Waals surface area contributed by atoms with Crippen molar-refractivity contribution in [2.75, 3.05) is 5.88 Å². The Morgan fingerprint density at radius 1 is 0.857 bits per heavy atom. The molecule has 0 saturated heterocycles. The average Bonchev–Trinajstić information content (AvgIpc) is 2.72. The third kappa shape index (κ3) is 7.65. The maximum absolute atomic E-state index is 11.9. The van der Waals surface area contributed by atoms with Crippen LogP contribution in [0.3, 0.4) is 0 Å². The van der Waals surface area contributed by atoms with Crippen molar-refractivity contribution in [3.05, 3.63) is 71.8 Å². The van der Waals surface area contributed by atoms with Crippen molar-refractivity contribution in [3.8, 4) is 0 Å². The van der Waals surface area contributed by atoms with E-state index in [1.54, 1.807) is 36.4 Å². The zero-order valence-electron chi connectivity index (χ0n) is 14.8. The maximum Gasteiger partial charge on any atom is 0.439 e. The Morgan fingerprint density at radius 3 is 2.00 bits per heavy atom. The molecule has 28 heavy (non-hydrogen) atoms. The summed E-state index contributed by atoms with van der Waals surface area (Å²) in [5.74, 6) is -1.36. The van der Waals surface area contributed by atoms with E-state index in [0.29, 0.717) is 0 Å². The molecular weight excluding hydrogens is 388 g/mol. The minimum Gasteiger partial charge on any atom is -0.445 e. The van der Waals surface area contributed by atoms with Gasteiger partial charge in [-0.25, -0.2) is 14.4 Å². The van der Waals surface area contributed by atoms with Crippen LogP contribution in [0.4, 0.5) is 9.59 Å². The standard InChI is InChI=1S/C19H19ClN2O6/c20-11-16(21-18(24)26-12-14-7-3-1-4-8-14)17(23)28-19(25)22-27-13-15-9-5-2-6-10-15/h1-10,16H,11-13H2,(H,21,24)(H,22,25)/t16-/m0/s1. The second kappa shape index (κ2) is 11.6. The van der Waals surface area contributed by atoms with Gasteiger partial charge < -0.3 is 14.8 Å². The Balaban J connectivity index is 1.70. The van der Waals surface area contributed by atoms with Crippen molar-refractivity contribution in [1.29, 1.82) is 0 Å². The van der Waals surface area contributed by atoms with E-state index >= 15 is 0 Å². The van der Waals surface area contributed by atoms with Crippen molar-refractivity contribution in [2.24, 2.45) is 0 Å². The molecule has 0 aliphatic rings. The summed E-state index contributed by atoms with van der Waals surface area (Å²) in [6.45, 7) is 0.109. The van der Waals surface area contributed by atoms with Crippen molar-refractivity contribution in [3.63, 3.8) is 0 Å². The average molecular weight is 407 g/mol. The summed E-state index contributed by atoms with van der Waals surface area (Å²) in [6.07, 6.45) is -2.00. The number of esters is 1. The first-order valence-electron chi connectivity index (χ1n) is 8.29. The van der Waals surface area contributed by atoms with E-state index in [0.717, 1.165) is 11.1 Å². The number of hydrogen-bond acceptors (Lipinski definition) is 6. The van der Waals surface area contributed by atoms with Crippen LogP contribution in [-0.4, -0.2) is 30.1 Å². The molecular formula is C19H19ClN2O6. The van der Waals surface area contributed by atoms with E-state index in [1.165, 1.54) is 0 Å². The molecule has 2 aromatic rings. The summed E-state index contributed by atoms with van der Waals surface area (Å²) in [5, 5.41) is 2.24. The fourth-order valence-corrected chi connectivity index (χ4v) is 2.21. The lowest BCUT2D eigenvalue weighted by Gasteiger charge is -2.14. The number of rotatable bonds is 8. The van der Waals surface area contributed by atoms with Crippen LogP contribution in [0.15, 0.2) is 60.7 Å². The second-order valence-electron chi connectivity index (χ2n) is 5.50. The third-order valence-electron chi connectivity index (χ3n) is 3.37. The highest BCUT2D eigenvalue weighted by molar-refractivity contribution is 6.20. The predicted octanol–water partition coefficient (Wildman–Crippen LogP) is 2.90. The van der Waals surface area contributed by atoms with Gasteiger partial charge in [0.15, 0.2) is 0 Å². The number of alkyl halides is 1. The largest absolute Gasteiger partial charge is 0.445 e. The van der Waals surface area contributed by atoms with Gasteiger partial charge in [-0.15, -0.1) is 11.6 Å². The Labute approximate surface area is 166 Å². The monoisotopic (exact) mass is 406 g/mol. The number of alkyl carbamates (subject to hydrolysis) is 1. The van der Waals surface area contributed by atoms with Crippen LogP contribution in [0.25, 0.3) is 0 Å². The first-order valence-corrected chi connectivity index (χ1v) is 8.82. The Morgan fingerprint density at radius 2 is 1.43 bits per heavy atom. The molecule has 0 aliphatic carbocycles. The van der Waals surface area contributed by atoms with Crippen LogP contribution < -0.4 is 10.8 Å². The molecule has 2 N–H and O–H groups in total. The minimum atomic E-state index is -1.26. The molecule has 0 bridgehead atoms. The van der Waals surface area contributed by atoms with E-state index in [4.69, 9.17) is 21.2 Å². The molecule has 0 aromatic heterocycles. The molecule has 0 fully saturated rings. The smallest absolute Gasteiger partial charge is 0.439 e. The van der Waals surface area contributed by atoms with Crippen LogP contribution >= 0.6 is 11.6 Å². The van der Waals surface area contributed by atoms with Gasteiger partial charge in [-0.1, -0.05) is 60.7 Å². The normalized spacial score (nSPS) is 11.2. The Bertz CT molecular complexity index is 773. The molecule has 1 atom stereocenters. The summed E-state index contributed by atoms with van der Waals surface area (Å²) >= 11 is 5.66. The van der Waals surface area contributed by atoms with Crippen molar-refractivity contribution in [1.82, 2.24) is 10.8 Å². The molecule has 0 aliphatic heterocycles. The summed E-state index contributed by atoms with van der Waals surface area (Å²) in [4.78, 5) is 40.3. The van der Waals surface area contributed by atoms with Crippen LogP contribution in [0, 0.1) is 0 Å². The first kappa shape index (κ1) is 21.2. The number of hydrogen-bond donors (Lipinski definition) is 2. The van der Waals surface area contributed by atoms with Crippen LogP contribution in [0.5, 0.6) is 0 Å². The molecule has 0 heterocycles. The lowest BCUT2D eigenvalue weighted by molar-refractivity contribution is -0.140. The Hall–Kier alpha value is -3.10. The van der Waals surface area contributed by atoms with Crippen molar-refractivity contribution >= 4 is 29.8 Å². The van der Waals surface area contributed by atoms with Gasteiger partial charge in [0.05, 0.1) is 12.5 Å². The lowest BCUT2D eigenvalue weighted by Crippen LogP contribution is -2.45. The highest BCUT2D eigenvalue weighted by Crippen LogP contribution is 2.02. The Kier molecular flexibility index (Phi) is 8.77. The summed E-state index contributed by atoms with van der Waals surface area (Å²) in [7, 11) is 0. The van der Waals surface area contributed by atoms with E-state index in [2.05, 4.69) is 10.1 Å². The van der Waals surface area contributed by atoms with Gasteiger partial charge in [0.1, 0.15) is 12.6 Å².